The third-order valence-corrected chi connectivity index (χ3v) is 4.44. The van der Waals surface area contributed by atoms with Gasteiger partial charge in [-0.05, 0) is 49.8 Å². The summed E-state index contributed by atoms with van der Waals surface area (Å²) in [6.07, 6.45) is 9.02. The van der Waals surface area contributed by atoms with Crippen molar-refractivity contribution in [1.29, 1.82) is 0 Å². The van der Waals surface area contributed by atoms with Gasteiger partial charge in [0, 0.05) is 38.1 Å². The second kappa shape index (κ2) is 6.21. The summed E-state index contributed by atoms with van der Waals surface area (Å²) in [6.45, 7) is 4.50. The minimum atomic E-state index is 0.666. The van der Waals surface area contributed by atoms with Gasteiger partial charge in [-0.25, -0.2) is 0 Å². The molecule has 2 fully saturated rings. The molecule has 1 aromatic heterocycles. The van der Waals surface area contributed by atoms with E-state index in [9.17, 15) is 0 Å². The molecule has 1 aromatic rings. The van der Waals surface area contributed by atoms with Crippen LogP contribution in [0.2, 0.25) is 5.02 Å². The van der Waals surface area contributed by atoms with Gasteiger partial charge in [0.2, 0.25) is 0 Å². The Hall–Kier alpha value is -0.640. The molecule has 3 rings (SSSR count). The second-order valence-corrected chi connectivity index (χ2v) is 6.31. The van der Waals surface area contributed by atoms with Crippen LogP contribution in [0.1, 0.15) is 31.2 Å². The predicted molar refractivity (Wildman–Crippen MR) is 78.3 cm³/mol. The van der Waals surface area contributed by atoms with Crippen LogP contribution in [0.15, 0.2) is 18.5 Å². The molecule has 1 unspecified atom stereocenters. The monoisotopic (exact) mass is 279 g/mol. The average molecular weight is 280 g/mol. The van der Waals surface area contributed by atoms with E-state index in [-0.39, 0.29) is 0 Å². The van der Waals surface area contributed by atoms with E-state index in [1.807, 2.05) is 12.3 Å². The van der Waals surface area contributed by atoms with Crippen molar-refractivity contribution >= 4 is 11.6 Å². The minimum absolute atomic E-state index is 0.666. The molecule has 3 nitrogen and oxygen atoms in total. The number of hydrogen-bond donors (Lipinski definition) is 1. The number of halogens is 1. The van der Waals surface area contributed by atoms with Gasteiger partial charge in [0.05, 0.1) is 5.02 Å². The van der Waals surface area contributed by atoms with E-state index in [4.69, 9.17) is 11.6 Å². The van der Waals surface area contributed by atoms with Crippen LogP contribution >= 0.6 is 11.6 Å². The Balaban J connectivity index is 1.62. The van der Waals surface area contributed by atoms with Gasteiger partial charge in [-0.2, -0.15) is 0 Å². The smallest absolute Gasteiger partial charge is 0.0634 e. The quantitative estimate of drug-likeness (QED) is 0.868. The fraction of sp³-hybridized carbons (Fsp3) is 0.667. The highest BCUT2D eigenvalue weighted by molar-refractivity contribution is 6.31. The number of aromatic nitrogens is 1. The summed E-state index contributed by atoms with van der Waals surface area (Å²) in [5.41, 5.74) is 1.20. The molecule has 2 heterocycles. The first-order valence-corrected chi connectivity index (χ1v) is 7.73. The van der Waals surface area contributed by atoms with Gasteiger partial charge in [0.25, 0.3) is 0 Å². The highest BCUT2D eigenvalue weighted by Gasteiger charge is 2.26. The van der Waals surface area contributed by atoms with Crippen LogP contribution in [-0.4, -0.2) is 35.6 Å². The number of hydrogen-bond acceptors (Lipinski definition) is 3. The fourth-order valence-electron chi connectivity index (χ4n) is 2.87. The van der Waals surface area contributed by atoms with E-state index in [1.165, 1.54) is 44.3 Å². The van der Waals surface area contributed by atoms with E-state index < -0.39 is 0 Å². The Kier molecular flexibility index (Phi) is 4.36. The van der Waals surface area contributed by atoms with Crippen molar-refractivity contribution in [3.8, 4) is 0 Å². The van der Waals surface area contributed by atoms with Crippen LogP contribution < -0.4 is 5.32 Å². The third-order valence-electron chi connectivity index (χ3n) is 4.10. The Morgan fingerprint density at radius 2 is 2.21 bits per heavy atom. The Morgan fingerprint density at radius 3 is 2.89 bits per heavy atom. The summed E-state index contributed by atoms with van der Waals surface area (Å²) in [4.78, 5) is 6.64. The number of nitrogens with zero attached hydrogens (tertiary/aromatic N) is 2. The fourth-order valence-corrected chi connectivity index (χ4v) is 3.05. The van der Waals surface area contributed by atoms with Gasteiger partial charge in [-0.1, -0.05) is 11.6 Å². The zero-order chi connectivity index (χ0) is 13.1. The van der Waals surface area contributed by atoms with Crippen molar-refractivity contribution in [1.82, 2.24) is 15.2 Å². The minimum Gasteiger partial charge on any atom is -0.313 e. The highest BCUT2D eigenvalue weighted by atomic mass is 35.5. The van der Waals surface area contributed by atoms with E-state index >= 15 is 0 Å². The summed E-state index contributed by atoms with van der Waals surface area (Å²) in [6, 6.07) is 2.71. The van der Waals surface area contributed by atoms with Gasteiger partial charge in [-0.15, -0.1) is 0 Å². The molecule has 0 amide bonds. The molecular weight excluding hydrogens is 258 g/mol. The maximum atomic E-state index is 6.23. The summed E-state index contributed by atoms with van der Waals surface area (Å²) in [5.74, 6) is 0.919. The van der Waals surface area contributed by atoms with Gasteiger partial charge >= 0.3 is 0 Å². The molecule has 1 atom stereocenters. The maximum Gasteiger partial charge on any atom is 0.0634 e. The zero-order valence-electron chi connectivity index (χ0n) is 11.3. The van der Waals surface area contributed by atoms with E-state index in [0.717, 1.165) is 24.0 Å². The maximum absolute atomic E-state index is 6.23. The first kappa shape index (κ1) is 13.3. The van der Waals surface area contributed by atoms with Crippen LogP contribution in [0.4, 0.5) is 0 Å². The third kappa shape index (κ3) is 3.91. The molecule has 1 aliphatic carbocycles. The van der Waals surface area contributed by atoms with Crippen molar-refractivity contribution < 1.29 is 0 Å². The summed E-state index contributed by atoms with van der Waals surface area (Å²) < 4.78 is 0. The lowest BCUT2D eigenvalue weighted by atomic mass is 10.2. The number of rotatable bonds is 6. The molecule has 1 aliphatic heterocycles. The van der Waals surface area contributed by atoms with E-state index in [2.05, 4.69) is 15.2 Å². The average Bonchev–Trinajstić information content (AvgIpc) is 3.06. The summed E-state index contributed by atoms with van der Waals surface area (Å²) >= 11 is 6.23. The van der Waals surface area contributed by atoms with Crippen LogP contribution in [0.5, 0.6) is 0 Å². The van der Waals surface area contributed by atoms with Crippen molar-refractivity contribution in [2.75, 3.05) is 19.6 Å². The molecule has 0 radical (unpaired) electrons. The molecule has 0 aromatic carbocycles. The van der Waals surface area contributed by atoms with Crippen LogP contribution in [-0.2, 0) is 6.54 Å². The SMILES string of the molecule is Clc1cnccc1CN(CC1CC1)CC1CCCN1. The zero-order valence-corrected chi connectivity index (χ0v) is 12.1. The lowest BCUT2D eigenvalue weighted by Crippen LogP contribution is -2.38. The van der Waals surface area contributed by atoms with E-state index in [1.54, 1.807) is 6.20 Å². The van der Waals surface area contributed by atoms with Gasteiger partial charge < -0.3 is 5.32 Å². The molecule has 0 bridgehead atoms. The molecule has 0 spiro atoms. The first-order chi connectivity index (χ1) is 9.31. The molecule has 1 saturated heterocycles. The normalized spacial score (nSPS) is 23.2. The largest absolute Gasteiger partial charge is 0.313 e. The Morgan fingerprint density at radius 1 is 1.32 bits per heavy atom. The van der Waals surface area contributed by atoms with Crippen LogP contribution in [0.3, 0.4) is 0 Å². The second-order valence-electron chi connectivity index (χ2n) is 5.90. The van der Waals surface area contributed by atoms with Crippen molar-refractivity contribution in [2.45, 2.75) is 38.3 Å². The van der Waals surface area contributed by atoms with Gasteiger partial charge in [-0.3, -0.25) is 9.88 Å². The van der Waals surface area contributed by atoms with Crippen molar-refractivity contribution in [3.05, 3.63) is 29.0 Å². The van der Waals surface area contributed by atoms with Gasteiger partial charge in [0.1, 0.15) is 0 Å². The summed E-state index contributed by atoms with van der Waals surface area (Å²) in [5, 5.41) is 4.39. The van der Waals surface area contributed by atoms with Crippen molar-refractivity contribution in [3.63, 3.8) is 0 Å². The molecule has 19 heavy (non-hydrogen) atoms. The van der Waals surface area contributed by atoms with E-state index in [0.29, 0.717) is 6.04 Å². The standard InChI is InChI=1S/C15H22ClN3/c16-15-8-17-7-5-13(15)10-19(9-12-3-4-12)11-14-2-1-6-18-14/h5,7-8,12,14,18H,1-4,6,9-11H2. The first-order valence-electron chi connectivity index (χ1n) is 7.35. The lowest BCUT2D eigenvalue weighted by molar-refractivity contribution is 0.232. The summed E-state index contributed by atoms with van der Waals surface area (Å²) in [7, 11) is 0. The Labute approximate surface area is 120 Å². The molecule has 104 valence electrons. The molecule has 2 aliphatic rings. The van der Waals surface area contributed by atoms with Crippen LogP contribution in [0.25, 0.3) is 0 Å². The molecule has 1 N–H and O–H groups in total. The molecule has 1 saturated carbocycles. The Bertz CT molecular complexity index is 414. The van der Waals surface area contributed by atoms with Crippen molar-refractivity contribution in [2.24, 2.45) is 5.92 Å². The lowest BCUT2D eigenvalue weighted by Gasteiger charge is -2.26. The highest BCUT2D eigenvalue weighted by Crippen LogP contribution is 2.30. The molecule has 4 heteroatoms. The topological polar surface area (TPSA) is 28.2 Å². The predicted octanol–water partition coefficient (Wildman–Crippen LogP) is 2.70. The van der Waals surface area contributed by atoms with Crippen LogP contribution in [0, 0.1) is 5.92 Å². The van der Waals surface area contributed by atoms with Gasteiger partial charge in [0.15, 0.2) is 0 Å². The number of nitrogens with one attached hydrogen (secondary N) is 1. The molecular formula is C15H22ClN3. The number of pyridine rings is 1.